The molecule has 0 atom stereocenters. The number of rotatable bonds is 2. The van der Waals surface area contributed by atoms with E-state index in [1.165, 1.54) is 6.08 Å². The lowest BCUT2D eigenvalue weighted by molar-refractivity contribution is -0.162. The second-order valence-corrected chi connectivity index (χ2v) is 3.60. The van der Waals surface area contributed by atoms with Crippen LogP contribution in [0.15, 0.2) is 35.9 Å². The van der Waals surface area contributed by atoms with E-state index in [9.17, 15) is 14.4 Å². The van der Waals surface area contributed by atoms with Gasteiger partial charge in [0.25, 0.3) is 0 Å². The predicted molar refractivity (Wildman–Crippen MR) is 58.5 cm³/mol. The van der Waals surface area contributed by atoms with Gasteiger partial charge in [-0.2, -0.15) is 0 Å². The van der Waals surface area contributed by atoms with Crippen LogP contribution in [-0.2, 0) is 23.9 Å². The molecule has 7 nitrogen and oxygen atoms in total. The minimum Gasteiger partial charge on any atom is -0.421 e. The van der Waals surface area contributed by atoms with Crippen LogP contribution in [0.1, 0.15) is 0 Å². The van der Waals surface area contributed by atoms with Crippen LogP contribution in [0, 0.1) is 0 Å². The molecule has 2 rings (SSSR count). The molecule has 2 heterocycles. The lowest BCUT2D eigenvalue weighted by Crippen LogP contribution is -2.22. The quantitative estimate of drug-likeness (QED) is 0.486. The molecular weight excluding hydrogens is 240 g/mol. The first-order valence-electron chi connectivity index (χ1n) is 5.10. The Morgan fingerprint density at radius 2 is 1.61 bits per heavy atom. The molecule has 0 fully saturated rings. The van der Waals surface area contributed by atoms with E-state index in [2.05, 4.69) is 21.9 Å². The lowest BCUT2D eigenvalue weighted by atomic mass is 10.4. The van der Waals surface area contributed by atoms with Gasteiger partial charge in [-0.25, -0.2) is 9.59 Å². The minimum absolute atomic E-state index is 0.0823. The largest absolute Gasteiger partial charge is 0.423 e. The van der Waals surface area contributed by atoms with Crippen LogP contribution in [0.2, 0.25) is 0 Å². The third-order valence-electron chi connectivity index (χ3n) is 2.17. The van der Waals surface area contributed by atoms with E-state index >= 15 is 0 Å². The average molecular weight is 250 g/mol. The van der Waals surface area contributed by atoms with Gasteiger partial charge in [-0.3, -0.25) is 4.79 Å². The Kier molecular flexibility index (Phi) is 3.13. The molecule has 0 bridgehead atoms. The molecular formula is C11H10N2O5. The van der Waals surface area contributed by atoms with Gasteiger partial charge >= 0.3 is 11.9 Å². The second kappa shape index (κ2) is 4.74. The Hall–Kier alpha value is -2.57. The van der Waals surface area contributed by atoms with Crippen molar-refractivity contribution in [2.45, 2.75) is 0 Å². The van der Waals surface area contributed by atoms with Gasteiger partial charge in [-0.05, 0) is 0 Å². The summed E-state index contributed by atoms with van der Waals surface area (Å²) in [5.74, 6) is -2.30. The first kappa shape index (κ1) is 11.9. The monoisotopic (exact) mass is 250 g/mol. The maximum absolute atomic E-state index is 11.3. The molecule has 0 aliphatic carbocycles. The Bertz CT molecular complexity index is 458. The topological polar surface area (TPSA) is 93.7 Å². The normalized spacial score (nSPS) is 17.6. The van der Waals surface area contributed by atoms with Crippen molar-refractivity contribution in [3.05, 3.63) is 35.9 Å². The van der Waals surface area contributed by atoms with Crippen molar-refractivity contribution in [3.8, 4) is 0 Å². The number of ether oxygens (including phenoxy) is 2. The van der Waals surface area contributed by atoms with Gasteiger partial charge in [-0.15, -0.1) is 0 Å². The summed E-state index contributed by atoms with van der Waals surface area (Å²) in [4.78, 5) is 33.5. The SMILES string of the molecule is C=C1C=C(OC(=O)C(=O)OC2=CC(=O)NC2)CN1. The first-order valence-corrected chi connectivity index (χ1v) is 5.10. The van der Waals surface area contributed by atoms with Crippen molar-refractivity contribution < 1.29 is 23.9 Å². The summed E-state index contributed by atoms with van der Waals surface area (Å²) in [5, 5.41) is 5.21. The van der Waals surface area contributed by atoms with Crippen LogP contribution in [0.5, 0.6) is 0 Å². The zero-order valence-electron chi connectivity index (χ0n) is 9.32. The van der Waals surface area contributed by atoms with Crippen LogP contribution in [0.3, 0.4) is 0 Å². The van der Waals surface area contributed by atoms with E-state index in [4.69, 9.17) is 4.74 Å². The summed E-state index contributed by atoms with van der Waals surface area (Å²) < 4.78 is 9.45. The highest BCUT2D eigenvalue weighted by Gasteiger charge is 2.24. The zero-order valence-corrected chi connectivity index (χ0v) is 9.32. The summed E-state index contributed by atoms with van der Waals surface area (Å²) in [5.41, 5.74) is 0.597. The molecule has 0 spiro atoms. The number of esters is 2. The van der Waals surface area contributed by atoms with E-state index in [1.807, 2.05) is 0 Å². The average Bonchev–Trinajstić information content (AvgIpc) is 2.88. The van der Waals surface area contributed by atoms with E-state index in [0.717, 1.165) is 6.08 Å². The van der Waals surface area contributed by atoms with Gasteiger partial charge in [-0.1, -0.05) is 6.58 Å². The fourth-order valence-electron chi connectivity index (χ4n) is 1.37. The van der Waals surface area contributed by atoms with Crippen molar-refractivity contribution >= 4 is 17.8 Å². The number of allylic oxidation sites excluding steroid dienone is 1. The van der Waals surface area contributed by atoms with Crippen LogP contribution in [0.25, 0.3) is 0 Å². The Morgan fingerprint density at radius 1 is 1.06 bits per heavy atom. The van der Waals surface area contributed by atoms with E-state index < -0.39 is 11.9 Å². The van der Waals surface area contributed by atoms with Gasteiger partial charge in [0.1, 0.15) is 11.5 Å². The number of hydrogen-bond donors (Lipinski definition) is 2. The first-order chi connectivity index (χ1) is 8.54. The van der Waals surface area contributed by atoms with Crippen LogP contribution in [-0.4, -0.2) is 30.9 Å². The summed E-state index contributed by atoms with van der Waals surface area (Å²) in [6.45, 7) is 3.97. The molecule has 7 heteroatoms. The molecule has 94 valence electrons. The Labute approximate surface area is 102 Å². The van der Waals surface area contributed by atoms with Crippen molar-refractivity contribution in [2.75, 3.05) is 13.1 Å². The minimum atomic E-state index is -1.17. The molecule has 0 aromatic rings. The van der Waals surface area contributed by atoms with Crippen LogP contribution in [0.4, 0.5) is 0 Å². The zero-order chi connectivity index (χ0) is 13.1. The summed E-state index contributed by atoms with van der Waals surface area (Å²) in [6, 6.07) is 0. The second-order valence-electron chi connectivity index (χ2n) is 3.60. The van der Waals surface area contributed by atoms with Gasteiger partial charge < -0.3 is 20.1 Å². The molecule has 18 heavy (non-hydrogen) atoms. The van der Waals surface area contributed by atoms with Crippen molar-refractivity contribution in [1.82, 2.24) is 10.6 Å². The number of carbonyl (C=O) groups excluding carboxylic acids is 3. The molecule has 2 aliphatic heterocycles. The van der Waals surface area contributed by atoms with Crippen molar-refractivity contribution in [3.63, 3.8) is 0 Å². The summed E-state index contributed by atoms with van der Waals surface area (Å²) in [6.07, 6.45) is 2.61. The highest BCUT2D eigenvalue weighted by atomic mass is 16.6. The third kappa shape index (κ3) is 2.76. The number of carbonyl (C=O) groups is 3. The van der Waals surface area contributed by atoms with E-state index in [0.29, 0.717) is 12.2 Å². The number of hydrogen-bond acceptors (Lipinski definition) is 6. The molecule has 0 saturated heterocycles. The van der Waals surface area contributed by atoms with Crippen molar-refractivity contribution in [2.24, 2.45) is 0 Å². The molecule has 2 aliphatic rings. The molecule has 0 radical (unpaired) electrons. The standard InChI is InChI=1S/C11H10N2O5/c1-6-2-7(4-12-6)17-10(15)11(16)18-8-3-9(14)13-5-8/h2-3,12H,1,4-5H2,(H,13,14). The molecule has 0 saturated carbocycles. The molecule has 0 aromatic carbocycles. The lowest BCUT2D eigenvalue weighted by Gasteiger charge is -2.04. The van der Waals surface area contributed by atoms with Crippen molar-refractivity contribution in [1.29, 1.82) is 0 Å². The number of nitrogens with one attached hydrogen (secondary N) is 2. The molecule has 2 N–H and O–H groups in total. The Morgan fingerprint density at radius 3 is 2.06 bits per heavy atom. The highest BCUT2D eigenvalue weighted by Crippen LogP contribution is 2.09. The molecule has 0 aromatic heterocycles. The fraction of sp³-hybridized carbons (Fsp3) is 0.182. The van der Waals surface area contributed by atoms with Gasteiger partial charge in [0, 0.05) is 17.8 Å². The maximum atomic E-state index is 11.3. The third-order valence-corrected chi connectivity index (χ3v) is 2.17. The fourth-order valence-corrected chi connectivity index (χ4v) is 1.37. The number of amides is 1. The van der Waals surface area contributed by atoms with Gasteiger partial charge in [0.2, 0.25) is 5.91 Å². The molecule has 0 unspecified atom stereocenters. The van der Waals surface area contributed by atoms with E-state index in [-0.39, 0.29) is 24.0 Å². The van der Waals surface area contributed by atoms with E-state index in [1.54, 1.807) is 0 Å². The summed E-state index contributed by atoms with van der Waals surface area (Å²) in [7, 11) is 0. The van der Waals surface area contributed by atoms with Crippen LogP contribution < -0.4 is 10.6 Å². The highest BCUT2D eigenvalue weighted by molar-refractivity contribution is 6.30. The van der Waals surface area contributed by atoms with Gasteiger partial charge in [0.15, 0.2) is 0 Å². The maximum Gasteiger partial charge on any atom is 0.423 e. The molecule has 1 amide bonds. The van der Waals surface area contributed by atoms with Gasteiger partial charge in [0.05, 0.1) is 13.1 Å². The Balaban J connectivity index is 1.87. The summed E-state index contributed by atoms with van der Waals surface area (Å²) >= 11 is 0. The van der Waals surface area contributed by atoms with Crippen LogP contribution >= 0.6 is 0 Å². The smallest absolute Gasteiger partial charge is 0.421 e. The predicted octanol–water partition coefficient (Wildman–Crippen LogP) is -0.913.